The van der Waals surface area contributed by atoms with Gasteiger partial charge >= 0.3 is 42.9 Å². The van der Waals surface area contributed by atoms with Crippen molar-refractivity contribution in [3.8, 4) is 29.6 Å². The molecule has 0 rings (SSSR count). The average Bonchev–Trinajstić information content (AvgIpc) is 1.69. The van der Waals surface area contributed by atoms with Crippen LogP contribution in [0.4, 0.5) is 0 Å². The molecule has 0 nitrogen and oxygen atoms in total. The molecule has 0 aromatic heterocycles. The van der Waals surface area contributed by atoms with Gasteiger partial charge in [0.25, 0.3) is 0 Å². The second kappa shape index (κ2) is 4.90. The fraction of sp³-hybridized carbons (Fsp3) is 0.143. The minimum absolute atomic E-state index is 1.69. The Morgan fingerprint density at radius 2 is 1.86 bits per heavy atom. The molecule has 0 amide bonds. The molecule has 0 heterocycles. The molecular formula is C7H3+. The van der Waals surface area contributed by atoms with Crippen LogP contribution in [0.15, 0.2) is 0 Å². The van der Waals surface area contributed by atoms with Gasteiger partial charge in [0.2, 0.25) is 0 Å². The van der Waals surface area contributed by atoms with Gasteiger partial charge in [0.1, 0.15) is 0 Å². The van der Waals surface area contributed by atoms with Crippen molar-refractivity contribution in [2.45, 2.75) is 6.92 Å². The second-order valence-corrected chi connectivity index (χ2v) is 0.750. The second-order valence-electron chi connectivity index (χ2n) is 0.750. The predicted molar refractivity (Wildman–Crippen MR) is 28.4 cm³/mol. The van der Waals surface area contributed by atoms with E-state index in [0.717, 1.165) is 0 Å². The number of hydrogen-bond acceptors (Lipinski definition) is 0. The van der Waals surface area contributed by atoms with E-state index >= 15 is 0 Å². The summed E-state index contributed by atoms with van der Waals surface area (Å²) in [6.45, 7) is 1.69. The SMILES string of the molecule is [C+]#CC#CC#CC. The fourth-order valence-corrected chi connectivity index (χ4v) is 0.125. The van der Waals surface area contributed by atoms with Gasteiger partial charge in [-0.2, -0.15) is 0 Å². The van der Waals surface area contributed by atoms with Gasteiger partial charge in [0.05, 0.1) is 0 Å². The van der Waals surface area contributed by atoms with Crippen molar-refractivity contribution in [2.24, 2.45) is 0 Å². The van der Waals surface area contributed by atoms with Gasteiger partial charge in [-0.15, -0.1) is 0 Å². The van der Waals surface area contributed by atoms with E-state index in [-0.39, 0.29) is 0 Å². The van der Waals surface area contributed by atoms with Gasteiger partial charge in [-0.3, -0.25) is 0 Å². The summed E-state index contributed by atoms with van der Waals surface area (Å²) in [5.41, 5.74) is 0. The third-order valence-electron chi connectivity index (χ3n) is 0.312. The summed E-state index contributed by atoms with van der Waals surface area (Å²) in [6.07, 6.45) is 6.29. The molecule has 30 valence electrons. The molecule has 0 fully saturated rings. The molecule has 0 aliphatic carbocycles. The molecule has 0 spiro atoms. The topological polar surface area (TPSA) is 0 Å². The Kier molecular flexibility index (Phi) is 4.13. The summed E-state index contributed by atoms with van der Waals surface area (Å²) >= 11 is 0. The molecule has 0 aliphatic rings. The third-order valence-corrected chi connectivity index (χ3v) is 0.312. The Morgan fingerprint density at radius 1 is 1.14 bits per heavy atom. The predicted octanol–water partition coefficient (Wildman–Crippen LogP) is 0.603. The summed E-state index contributed by atoms with van der Waals surface area (Å²) in [7, 11) is 0. The van der Waals surface area contributed by atoms with Crippen LogP contribution >= 0.6 is 0 Å². The van der Waals surface area contributed by atoms with Crippen molar-refractivity contribution in [3.63, 3.8) is 0 Å². The van der Waals surface area contributed by atoms with E-state index in [4.69, 9.17) is 6.42 Å². The van der Waals surface area contributed by atoms with E-state index in [1.165, 1.54) is 0 Å². The van der Waals surface area contributed by atoms with Crippen LogP contribution in [0.2, 0.25) is 0 Å². The zero-order valence-corrected chi connectivity index (χ0v) is 4.00. The minimum atomic E-state index is 1.69. The Labute approximate surface area is 43.9 Å². The van der Waals surface area contributed by atoms with E-state index in [9.17, 15) is 0 Å². The van der Waals surface area contributed by atoms with E-state index in [2.05, 4.69) is 23.7 Å². The van der Waals surface area contributed by atoms with Crippen molar-refractivity contribution in [2.75, 3.05) is 0 Å². The number of rotatable bonds is 0. The van der Waals surface area contributed by atoms with Gasteiger partial charge in [-0.25, -0.2) is 0 Å². The maximum atomic E-state index is 6.29. The molecule has 0 saturated heterocycles. The Bertz CT molecular complexity index is 182. The Balaban J connectivity index is 3.68. The molecule has 0 radical (unpaired) electrons. The fourth-order valence-electron chi connectivity index (χ4n) is 0.125. The molecule has 0 aromatic rings. The summed E-state index contributed by atoms with van der Waals surface area (Å²) < 4.78 is 0. The van der Waals surface area contributed by atoms with Crippen LogP contribution < -0.4 is 0 Å². The van der Waals surface area contributed by atoms with Crippen molar-refractivity contribution < 1.29 is 0 Å². The molecular weight excluding hydrogens is 84.1 g/mol. The first-order valence-corrected chi connectivity index (χ1v) is 1.75. The van der Waals surface area contributed by atoms with Crippen molar-refractivity contribution >= 4 is 0 Å². The van der Waals surface area contributed by atoms with Crippen LogP contribution in [0.3, 0.4) is 0 Å². The average molecular weight is 87.1 g/mol. The quantitative estimate of drug-likeness (QED) is 0.300. The standard InChI is InChI=1S/C7H3/c1-3-5-7-6-4-2/h1H3/q+1. The van der Waals surface area contributed by atoms with Gasteiger partial charge in [-0.1, -0.05) is 0 Å². The van der Waals surface area contributed by atoms with E-state index in [0.29, 0.717) is 0 Å². The van der Waals surface area contributed by atoms with Crippen molar-refractivity contribution in [1.82, 2.24) is 0 Å². The molecule has 0 atom stereocenters. The van der Waals surface area contributed by atoms with Crippen LogP contribution in [0.1, 0.15) is 6.92 Å². The zero-order valence-electron chi connectivity index (χ0n) is 4.00. The van der Waals surface area contributed by atoms with Crippen LogP contribution in [-0.2, 0) is 0 Å². The normalized spacial score (nSPS) is 3.86. The molecule has 0 bridgehead atoms. The summed E-state index contributed by atoms with van der Waals surface area (Å²) in [6, 6.07) is 0. The van der Waals surface area contributed by atoms with Crippen LogP contribution in [-0.4, -0.2) is 0 Å². The molecule has 0 saturated carbocycles. The number of hydrogen-bond donors (Lipinski definition) is 0. The van der Waals surface area contributed by atoms with Gasteiger partial charge < -0.3 is 0 Å². The Hall–Kier alpha value is -1.10. The monoisotopic (exact) mass is 87.0 g/mol. The summed E-state index contributed by atoms with van der Waals surface area (Å²) in [5.74, 6) is 11.5. The summed E-state index contributed by atoms with van der Waals surface area (Å²) in [5, 5.41) is 0. The molecule has 0 heteroatoms. The van der Waals surface area contributed by atoms with Gasteiger partial charge in [0, 0.05) is 0 Å². The molecule has 0 N–H and O–H groups in total. The third kappa shape index (κ3) is 4.90. The van der Waals surface area contributed by atoms with Crippen LogP contribution in [0.5, 0.6) is 0 Å². The van der Waals surface area contributed by atoms with E-state index in [1.807, 2.05) is 5.92 Å². The first kappa shape index (κ1) is 5.90. The van der Waals surface area contributed by atoms with Gasteiger partial charge in [0.15, 0.2) is 0 Å². The van der Waals surface area contributed by atoms with E-state index < -0.39 is 0 Å². The summed E-state index contributed by atoms with van der Waals surface area (Å²) in [4.78, 5) is 0. The molecule has 0 unspecified atom stereocenters. The maximum absolute atomic E-state index is 6.29. The van der Waals surface area contributed by atoms with Crippen LogP contribution in [0, 0.1) is 36.0 Å². The Morgan fingerprint density at radius 3 is 2.29 bits per heavy atom. The molecule has 0 aliphatic heterocycles. The molecule has 7 heavy (non-hydrogen) atoms. The van der Waals surface area contributed by atoms with Gasteiger partial charge in [-0.05, 0) is 0 Å². The van der Waals surface area contributed by atoms with Crippen molar-refractivity contribution in [1.29, 1.82) is 0 Å². The van der Waals surface area contributed by atoms with Crippen LogP contribution in [0.25, 0.3) is 0 Å². The van der Waals surface area contributed by atoms with E-state index in [1.54, 1.807) is 6.92 Å². The first-order chi connectivity index (χ1) is 3.41. The van der Waals surface area contributed by atoms with Crippen molar-refractivity contribution in [3.05, 3.63) is 6.42 Å². The first-order valence-electron chi connectivity index (χ1n) is 1.75. The molecule has 0 aromatic carbocycles. The zero-order chi connectivity index (χ0) is 5.54.